The van der Waals surface area contributed by atoms with Gasteiger partial charge in [-0.15, -0.1) is 0 Å². The Morgan fingerprint density at radius 1 is 1.47 bits per heavy atom. The summed E-state index contributed by atoms with van der Waals surface area (Å²) in [6, 6.07) is 0. The van der Waals surface area contributed by atoms with Crippen molar-refractivity contribution in [3.63, 3.8) is 0 Å². The Balaban J connectivity index is 2.15. The molecule has 2 N–H and O–H groups in total. The molecule has 1 atom stereocenters. The van der Waals surface area contributed by atoms with E-state index in [1.807, 2.05) is 4.90 Å². The van der Waals surface area contributed by atoms with Gasteiger partial charge in [0, 0.05) is 19.5 Å². The van der Waals surface area contributed by atoms with Crippen LogP contribution in [0.5, 0.6) is 0 Å². The molecule has 0 aromatic carbocycles. The van der Waals surface area contributed by atoms with Gasteiger partial charge in [-0.25, -0.2) is 0 Å². The number of ether oxygens (including phenoxy) is 1. The van der Waals surface area contributed by atoms with E-state index in [1.165, 1.54) is 7.11 Å². The van der Waals surface area contributed by atoms with Crippen LogP contribution < -0.4 is 5.32 Å². The fraction of sp³-hybridized carbons (Fsp3) is 0.846. The minimum absolute atomic E-state index is 0.0671. The molecule has 1 amide bonds. The molecule has 1 fully saturated rings. The molecule has 110 valence electrons. The quantitative estimate of drug-likeness (QED) is 0.521. The number of β-amino-alcohol motifs (C(OH)–C–C–N with tert-alkyl or cyclic N) is 1. The maximum Gasteiger partial charge on any atom is 0.305 e. The van der Waals surface area contributed by atoms with Crippen molar-refractivity contribution in [2.75, 3.05) is 33.3 Å². The monoisotopic (exact) mass is 272 g/mol. The summed E-state index contributed by atoms with van der Waals surface area (Å²) >= 11 is 0. The van der Waals surface area contributed by atoms with Gasteiger partial charge in [0.2, 0.25) is 5.91 Å². The molecule has 1 aliphatic heterocycles. The molecular weight excluding hydrogens is 248 g/mol. The molecule has 6 heteroatoms. The zero-order valence-electron chi connectivity index (χ0n) is 11.8. The number of nitrogens with zero attached hydrogens (tertiary/aromatic N) is 1. The summed E-state index contributed by atoms with van der Waals surface area (Å²) in [6.45, 7) is 3.94. The van der Waals surface area contributed by atoms with E-state index in [0.717, 1.165) is 19.4 Å². The molecule has 6 nitrogen and oxygen atoms in total. The van der Waals surface area contributed by atoms with E-state index >= 15 is 0 Å². The number of esters is 1. The van der Waals surface area contributed by atoms with Gasteiger partial charge >= 0.3 is 5.97 Å². The third-order valence-corrected chi connectivity index (χ3v) is 3.23. The zero-order chi connectivity index (χ0) is 14.3. The summed E-state index contributed by atoms with van der Waals surface area (Å²) in [5.41, 5.74) is -0.691. The first-order valence-electron chi connectivity index (χ1n) is 6.71. The summed E-state index contributed by atoms with van der Waals surface area (Å²) in [4.78, 5) is 24.5. The number of carbonyl (C=O) groups excluding carboxylic acids is 2. The molecule has 1 saturated heterocycles. The van der Waals surface area contributed by atoms with Gasteiger partial charge in [-0.3, -0.25) is 14.5 Å². The highest BCUT2D eigenvalue weighted by Crippen LogP contribution is 2.19. The number of hydrogen-bond acceptors (Lipinski definition) is 5. The van der Waals surface area contributed by atoms with E-state index in [1.54, 1.807) is 6.92 Å². The van der Waals surface area contributed by atoms with Crippen molar-refractivity contribution >= 4 is 11.9 Å². The molecule has 0 radical (unpaired) electrons. The minimum Gasteiger partial charge on any atom is -0.469 e. The van der Waals surface area contributed by atoms with Gasteiger partial charge in [-0.05, 0) is 32.7 Å². The number of nitrogens with one attached hydrogen (secondary N) is 1. The summed E-state index contributed by atoms with van der Waals surface area (Å²) in [5, 5.41) is 12.7. The number of methoxy groups -OCH3 is 1. The van der Waals surface area contributed by atoms with Crippen LogP contribution in [-0.4, -0.2) is 60.8 Å². The zero-order valence-corrected chi connectivity index (χ0v) is 11.8. The van der Waals surface area contributed by atoms with Crippen molar-refractivity contribution in [3.8, 4) is 0 Å². The smallest absolute Gasteiger partial charge is 0.305 e. The molecule has 0 aromatic heterocycles. The Morgan fingerprint density at radius 3 is 2.84 bits per heavy atom. The standard InChI is InChI=1S/C13H24N2O4/c1-13(18)6-4-8-15(10-13)9-11(16)14-7-3-5-12(17)19-2/h18H,3-10H2,1-2H3,(H,14,16). The van der Waals surface area contributed by atoms with Crippen molar-refractivity contribution in [2.24, 2.45) is 0 Å². The summed E-state index contributed by atoms with van der Waals surface area (Å²) < 4.78 is 4.51. The van der Waals surface area contributed by atoms with Gasteiger partial charge in [0.05, 0.1) is 19.3 Å². The van der Waals surface area contributed by atoms with Crippen LogP contribution in [0, 0.1) is 0 Å². The predicted octanol–water partition coefficient (Wildman–Crippen LogP) is -0.0974. The highest BCUT2D eigenvalue weighted by Gasteiger charge is 2.28. The van der Waals surface area contributed by atoms with Gasteiger partial charge in [0.1, 0.15) is 0 Å². The van der Waals surface area contributed by atoms with Gasteiger partial charge in [-0.2, -0.15) is 0 Å². The third-order valence-electron chi connectivity index (χ3n) is 3.23. The first-order chi connectivity index (χ1) is 8.93. The van der Waals surface area contributed by atoms with Crippen LogP contribution in [0.1, 0.15) is 32.6 Å². The molecule has 0 aromatic rings. The maximum atomic E-state index is 11.7. The molecule has 0 aliphatic carbocycles. The summed E-state index contributed by atoms with van der Waals surface area (Å²) in [7, 11) is 1.35. The van der Waals surface area contributed by atoms with Crippen LogP contribution in [0.4, 0.5) is 0 Å². The number of likely N-dealkylation sites (tertiary alicyclic amines) is 1. The Bertz CT molecular complexity index is 318. The Kier molecular flexibility index (Phi) is 6.24. The predicted molar refractivity (Wildman–Crippen MR) is 70.6 cm³/mol. The molecule has 19 heavy (non-hydrogen) atoms. The molecule has 1 rings (SSSR count). The van der Waals surface area contributed by atoms with E-state index in [4.69, 9.17) is 0 Å². The van der Waals surface area contributed by atoms with Crippen molar-refractivity contribution < 1.29 is 19.4 Å². The van der Waals surface area contributed by atoms with E-state index in [0.29, 0.717) is 32.5 Å². The van der Waals surface area contributed by atoms with Crippen LogP contribution in [-0.2, 0) is 14.3 Å². The van der Waals surface area contributed by atoms with Crippen molar-refractivity contribution in [1.29, 1.82) is 0 Å². The van der Waals surface area contributed by atoms with Gasteiger partial charge < -0.3 is 15.2 Å². The lowest BCUT2D eigenvalue weighted by Crippen LogP contribution is -2.49. The van der Waals surface area contributed by atoms with E-state index in [2.05, 4.69) is 10.1 Å². The highest BCUT2D eigenvalue weighted by molar-refractivity contribution is 5.78. The van der Waals surface area contributed by atoms with Crippen LogP contribution in [0.3, 0.4) is 0 Å². The lowest BCUT2D eigenvalue weighted by molar-refractivity contribution is -0.140. The number of amides is 1. The summed E-state index contributed by atoms with van der Waals surface area (Å²) in [5.74, 6) is -0.330. The largest absolute Gasteiger partial charge is 0.469 e. The average molecular weight is 272 g/mol. The average Bonchev–Trinajstić information content (AvgIpc) is 2.33. The van der Waals surface area contributed by atoms with Gasteiger partial charge in [-0.1, -0.05) is 0 Å². The highest BCUT2D eigenvalue weighted by atomic mass is 16.5. The second kappa shape index (κ2) is 7.45. The second-order valence-corrected chi connectivity index (χ2v) is 5.34. The first-order valence-corrected chi connectivity index (χ1v) is 6.71. The van der Waals surface area contributed by atoms with Gasteiger partial charge in [0.15, 0.2) is 0 Å². The topological polar surface area (TPSA) is 78.9 Å². The second-order valence-electron chi connectivity index (χ2n) is 5.34. The van der Waals surface area contributed by atoms with Gasteiger partial charge in [0.25, 0.3) is 0 Å². The molecule has 0 bridgehead atoms. The minimum atomic E-state index is -0.691. The Labute approximate surface area is 114 Å². The number of hydrogen-bond donors (Lipinski definition) is 2. The lowest BCUT2D eigenvalue weighted by atomic mass is 9.95. The summed E-state index contributed by atoms with van der Waals surface area (Å²) in [6.07, 6.45) is 2.58. The number of carbonyl (C=O) groups is 2. The number of rotatable bonds is 6. The molecular formula is C13H24N2O4. The molecule has 1 aliphatic rings. The number of piperidine rings is 1. The van der Waals surface area contributed by atoms with Crippen molar-refractivity contribution in [2.45, 2.75) is 38.2 Å². The molecule has 1 unspecified atom stereocenters. The normalized spacial score (nSPS) is 23.9. The Morgan fingerprint density at radius 2 is 2.21 bits per heavy atom. The van der Waals surface area contributed by atoms with Crippen LogP contribution in [0.15, 0.2) is 0 Å². The molecule has 0 spiro atoms. The fourth-order valence-electron chi connectivity index (χ4n) is 2.28. The van der Waals surface area contributed by atoms with Crippen molar-refractivity contribution in [3.05, 3.63) is 0 Å². The van der Waals surface area contributed by atoms with Crippen LogP contribution in [0.2, 0.25) is 0 Å². The number of aliphatic hydroxyl groups is 1. The Hall–Kier alpha value is -1.14. The fourth-order valence-corrected chi connectivity index (χ4v) is 2.28. The van der Waals surface area contributed by atoms with Crippen LogP contribution >= 0.6 is 0 Å². The van der Waals surface area contributed by atoms with Crippen LogP contribution in [0.25, 0.3) is 0 Å². The first kappa shape index (κ1) is 15.9. The molecule has 0 saturated carbocycles. The van der Waals surface area contributed by atoms with E-state index < -0.39 is 5.60 Å². The molecule has 1 heterocycles. The maximum absolute atomic E-state index is 11.7. The van der Waals surface area contributed by atoms with E-state index in [9.17, 15) is 14.7 Å². The lowest BCUT2D eigenvalue weighted by Gasteiger charge is -2.36. The SMILES string of the molecule is COC(=O)CCCNC(=O)CN1CCCC(C)(O)C1. The third kappa shape index (κ3) is 6.54. The van der Waals surface area contributed by atoms with E-state index in [-0.39, 0.29) is 11.9 Å². The van der Waals surface area contributed by atoms with Crippen molar-refractivity contribution in [1.82, 2.24) is 10.2 Å².